The largest absolute Gasteiger partial charge is 0.479 e. The summed E-state index contributed by atoms with van der Waals surface area (Å²) in [6.45, 7) is 3.40. The number of pyridine rings is 1. The number of rotatable bonds is 5. The highest BCUT2D eigenvalue weighted by atomic mass is 127. The monoisotopic (exact) mass is 525 g/mol. The van der Waals surface area contributed by atoms with Crippen LogP contribution in [0.15, 0.2) is 48.8 Å². The van der Waals surface area contributed by atoms with Crippen molar-refractivity contribution in [2.24, 2.45) is 0 Å². The van der Waals surface area contributed by atoms with Crippen LogP contribution in [-0.2, 0) is 6.54 Å². The molecule has 0 radical (unpaired) electrons. The minimum Gasteiger partial charge on any atom is -0.479 e. The third kappa shape index (κ3) is 4.16. The van der Waals surface area contributed by atoms with Crippen molar-refractivity contribution in [3.05, 3.63) is 57.9 Å². The summed E-state index contributed by atoms with van der Waals surface area (Å²) in [5.41, 5.74) is 6.16. The molecule has 0 aliphatic carbocycles. The second-order valence-electron chi connectivity index (χ2n) is 7.92. The summed E-state index contributed by atoms with van der Waals surface area (Å²) in [5, 5.41) is 9.89. The van der Waals surface area contributed by atoms with Gasteiger partial charge >= 0.3 is 0 Å². The average Bonchev–Trinajstić information content (AvgIpc) is 3.15. The van der Waals surface area contributed by atoms with Crippen LogP contribution in [0, 0.1) is 3.57 Å². The molecule has 1 aliphatic rings. The molecule has 1 N–H and O–H groups in total. The summed E-state index contributed by atoms with van der Waals surface area (Å²) in [6, 6.07) is 12.7. The van der Waals surface area contributed by atoms with Crippen LogP contribution in [0.1, 0.15) is 24.8 Å². The summed E-state index contributed by atoms with van der Waals surface area (Å²) < 4.78 is 6.71. The number of hydrogen-bond donors (Lipinski definition) is 1. The summed E-state index contributed by atoms with van der Waals surface area (Å²) >= 11 is 2.41. The number of methoxy groups -OCH3 is 1. The molecule has 1 aromatic carbocycles. The fourth-order valence-electron chi connectivity index (χ4n) is 4.24. The molecule has 1 saturated heterocycles. The number of hydrogen-bond acceptors (Lipinski definition) is 5. The maximum Gasteiger partial charge on any atom is 0.242 e. The van der Waals surface area contributed by atoms with Gasteiger partial charge in [0.1, 0.15) is 0 Å². The van der Waals surface area contributed by atoms with E-state index in [2.05, 4.69) is 65.9 Å². The van der Waals surface area contributed by atoms with Crippen LogP contribution in [0.4, 0.5) is 0 Å². The molecular weight excluding hydrogens is 501 g/mol. The first-order valence-corrected chi connectivity index (χ1v) is 11.7. The molecule has 7 heteroatoms. The second kappa shape index (κ2) is 8.92. The van der Waals surface area contributed by atoms with Gasteiger partial charge in [-0.25, -0.2) is 0 Å². The molecule has 0 bridgehead atoms. The van der Waals surface area contributed by atoms with Gasteiger partial charge in [-0.3, -0.25) is 9.88 Å². The number of nitrogens with zero attached hydrogens (tertiary/aromatic N) is 4. The third-order valence-electron chi connectivity index (χ3n) is 5.85. The van der Waals surface area contributed by atoms with E-state index in [0.29, 0.717) is 5.88 Å². The lowest BCUT2D eigenvalue weighted by Crippen LogP contribution is -2.29. The van der Waals surface area contributed by atoms with Gasteiger partial charge in [-0.05, 0) is 78.4 Å². The zero-order valence-corrected chi connectivity index (χ0v) is 19.6. The number of piperidine rings is 1. The highest BCUT2D eigenvalue weighted by molar-refractivity contribution is 14.1. The predicted molar refractivity (Wildman–Crippen MR) is 131 cm³/mol. The number of H-pyrrole nitrogens is 1. The van der Waals surface area contributed by atoms with Gasteiger partial charge in [0.25, 0.3) is 0 Å². The first kappa shape index (κ1) is 20.4. The van der Waals surface area contributed by atoms with Crippen molar-refractivity contribution in [3.63, 3.8) is 0 Å². The average molecular weight is 525 g/mol. The van der Waals surface area contributed by atoms with Gasteiger partial charge in [-0.15, -0.1) is 10.2 Å². The number of aromatic nitrogens is 4. The zero-order chi connectivity index (χ0) is 21.2. The van der Waals surface area contributed by atoms with Gasteiger partial charge < -0.3 is 9.72 Å². The summed E-state index contributed by atoms with van der Waals surface area (Å²) in [7, 11) is 1.63. The first-order chi connectivity index (χ1) is 15.2. The van der Waals surface area contributed by atoms with Crippen molar-refractivity contribution in [1.29, 1.82) is 0 Å². The van der Waals surface area contributed by atoms with E-state index >= 15 is 0 Å². The van der Waals surface area contributed by atoms with Crippen LogP contribution >= 0.6 is 22.6 Å². The molecule has 5 rings (SSSR count). The van der Waals surface area contributed by atoms with Crippen molar-refractivity contribution in [1.82, 2.24) is 25.1 Å². The Hall–Kier alpha value is -2.52. The molecule has 0 spiro atoms. The molecule has 1 fully saturated rings. The second-order valence-corrected chi connectivity index (χ2v) is 9.00. The van der Waals surface area contributed by atoms with E-state index in [1.807, 2.05) is 18.2 Å². The Kier molecular flexibility index (Phi) is 5.87. The smallest absolute Gasteiger partial charge is 0.242 e. The lowest BCUT2D eigenvalue weighted by Gasteiger charge is -2.26. The van der Waals surface area contributed by atoms with E-state index in [1.165, 1.54) is 43.3 Å². The molecule has 0 unspecified atom stereocenters. The Morgan fingerprint density at radius 1 is 1.03 bits per heavy atom. The van der Waals surface area contributed by atoms with Crippen LogP contribution in [0.3, 0.4) is 0 Å². The Morgan fingerprint density at radius 3 is 2.61 bits per heavy atom. The lowest BCUT2D eigenvalue weighted by atomic mass is 10.1. The van der Waals surface area contributed by atoms with Crippen molar-refractivity contribution >= 4 is 33.5 Å². The normalized spacial score (nSPS) is 14.8. The molecule has 6 nitrogen and oxygen atoms in total. The summed E-state index contributed by atoms with van der Waals surface area (Å²) in [5.74, 6) is 0.510. The molecule has 31 heavy (non-hydrogen) atoms. The van der Waals surface area contributed by atoms with Gasteiger partial charge in [0, 0.05) is 39.0 Å². The van der Waals surface area contributed by atoms with Crippen LogP contribution in [0.2, 0.25) is 0 Å². The van der Waals surface area contributed by atoms with Crippen molar-refractivity contribution < 1.29 is 4.74 Å². The van der Waals surface area contributed by atoms with Gasteiger partial charge in [0.15, 0.2) is 0 Å². The van der Waals surface area contributed by atoms with E-state index in [-0.39, 0.29) is 0 Å². The van der Waals surface area contributed by atoms with Gasteiger partial charge in [-0.2, -0.15) is 0 Å². The Morgan fingerprint density at radius 2 is 1.84 bits per heavy atom. The lowest BCUT2D eigenvalue weighted by molar-refractivity contribution is 0.221. The minimum atomic E-state index is 0.510. The van der Waals surface area contributed by atoms with Crippen LogP contribution in [0.25, 0.3) is 33.4 Å². The number of aromatic amines is 1. The standard InChI is InChI=1S/C24H24IN5O/c1-31-24-19(14-20(28-29-24)17-7-9-26-10-8-17)23-22(25)18-6-5-16(13-21(18)27-23)15-30-11-3-2-4-12-30/h5-10,13-14,27H,2-4,11-12,15H2,1H3. The number of fused-ring (bicyclic) bond motifs is 1. The Balaban J connectivity index is 1.54. The molecule has 4 aromatic rings. The highest BCUT2D eigenvalue weighted by Crippen LogP contribution is 2.37. The third-order valence-corrected chi connectivity index (χ3v) is 6.97. The number of benzene rings is 1. The molecule has 0 saturated carbocycles. The van der Waals surface area contributed by atoms with Gasteiger partial charge in [0.2, 0.25) is 5.88 Å². The maximum absolute atomic E-state index is 5.55. The topological polar surface area (TPSA) is 66.9 Å². The molecule has 3 aromatic heterocycles. The molecule has 158 valence electrons. The molecule has 1 aliphatic heterocycles. The number of nitrogens with one attached hydrogen (secondary N) is 1. The van der Waals surface area contributed by atoms with Crippen LogP contribution in [-0.4, -0.2) is 45.3 Å². The maximum atomic E-state index is 5.55. The number of halogens is 1. The quantitative estimate of drug-likeness (QED) is 0.359. The highest BCUT2D eigenvalue weighted by Gasteiger charge is 2.18. The SMILES string of the molecule is COc1nnc(-c2ccncc2)cc1-c1[nH]c2cc(CN3CCCCC3)ccc2c1I. The number of ether oxygens (including phenoxy) is 1. The van der Waals surface area contributed by atoms with Crippen molar-refractivity contribution in [3.8, 4) is 28.4 Å². The number of likely N-dealkylation sites (tertiary alicyclic amines) is 1. The molecule has 4 heterocycles. The van der Waals surface area contributed by atoms with Crippen molar-refractivity contribution in [2.45, 2.75) is 25.8 Å². The summed E-state index contributed by atoms with van der Waals surface area (Å²) in [4.78, 5) is 10.3. The van der Waals surface area contributed by atoms with Gasteiger partial charge in [0.05, 0.1) is 24.1 Å². The minimum absolute atomic E-state index is 0.510. The fraction of sp³-hybridized carbons (Fsp3) is 0.292. The van der Waals surface area contributed by atoms with Crippen molar-refractivity contribution in [2.75, 3.05) is 20.2 Å². The predicted octanol–water partition coefficient (Wildman–Crippen LogP) is 5.29. The Bertz CT molecular complexity index is 1200. The Labute approximate surface area is 195 Å². The van der Waals surface area contributed by atoms with E-state index < -0.39 is 0 Å². The molecular formula is C24H24IN5O. The zero-order valence-electron chi connectivity index (χ0n) is 17.4. The van der Waals surface area contributed by atoms with E-state index in [0.717, 1.165) is 38.1 Å². The van der Waals surface area contributed by atoms with E-state index in [9.17, 15) is 0 Å². The van der Waals surface area contributed by atoms with E-state index in [4.69, 9.17) is 4.74 Å². The molecule has 0 amide bonds. The van der Waals surface area contributed by atoms with Crippen LogP contribution in [0.5, 0.6) is 5.88 Å². The first-order valence-electron chi connectivity index (χ1n) is 10.6. The summed E-state index contributed by atoms with van der Waals surface area (Å²) in [6.07, 6.45) is 7.49. The van der Waals surface area contributed by atoms with E-state index in [1.54, 1.807) is 19.5 Å². The fourth-order valence-corrected chi connectivity index (χ4v) is 5.14. The van der Waals surface area contributed by atoms with Gasteiger partial charge in [-0.1, -0.05) is 18.6 Å². The molecule has 0 atom stereocenters. The van der Waals surface area contributed by atoms with Crippen LogP contribution < -0.4 is 4.74 Å².